The Hall–Kier alpha value is -2.61. The third-order valence-electron chi connectivity index (χ3n) is 3.61. The zero-order valence-corrected chi connectivity index (χ0v) is 13.6. The molecule has 1 aromatic carbocycles. The van der Waals surface area contributed by atoms with Gasteiger partial charge in [-0.2, -0.15) is 9.38 Å². The number of fused-ring (bicyclic) bond motifs is 1. The normalized spacial score (nSPS) is 10.9. The van der Waals surface area contributed by atoms with Crippen molar-refractivity contribution in [3.8, 4) is 5.75 Å². The van der Waals surface area contributed by atoms with Crippen LogP contribution in [0.25, 0.3) is 4.96 Å². The number of nitro groups is 1. The molecule has 2 heterocycles. The summed E-state index contributed by atoms with van der Waals surface area (Å²) in [6.07, 6.45) is 1.68. The van der Waals surface area contributed by atoms with E-state index in [2.05, 4.69) is 4.98 Å². The van der Waals surface area contributed by atoms with Crippen LogP contribution in [-0.4, -0.2) is 28.0 Å². The number of methoxy groups -OCH3 is 1. The van der Waals surface area contributed by atoms with Gasteiger partial charge < -0.3 is 19.8 Å². The molecule has 3 rings (SSSR count). The molecular weight excluding hydrogens is 316 g/mol. The second kappa shape index (κ2) is 6.25. The number of aromatic nitrogens is 2. The fraction of sp³-hybridized carbons (Fsp3) is 0.267. The largest absolute Gasteiger partial charge is 0.497 e. The molecule has 0 saturated carbocycles. The molecule has 23 heavy (non-hydrogen) atoms. The summed E-state index contributed by atoms with van der Waals surface area (Å²) in [4.78, 5) is 18.0. The van der Waals surface area contributed by atoms with E-state index in [-0.39, 0.29) is 10.7 Å². The molecule has 3 aromatic rings. The third kappa shape index (κ3) is 2.85. The van der Waals surface area contributed by atoms with Gasteiger partial charge in [0.2, 0.25) is 5.82 Å². The molecule has 0 aliphatic heterocycles. The van der Waals surface area contributed by atoms with Crippen LogP contribution in [0.3, 0.4) is 0 Å². The van der Waals surface area contributed by atoms with Crippen molar-refractivity contribution < 1.29 is 9.66 Å². The lowest BCUT2D eigenvalue weighted by Crippen LogP contribution is -2.23. The van der Waals surface area contributed by atoms with Crippen LogP contribution in [0.1, 0.15) is 12.5 Å². The molecule has 2 aromatic heterocycles. The van der Waals surface area contributed by atoms with E-state index in [9.17, 15) is 10.1 Å². The quantitative estimate of drug-likeness (QED) is 0.511. The fourth-order valence-electron chi connectivity index (χ4n) is 2.43. The lowest BCUT2D eigenvalue weighted by atomic mass is 10.2. The second-order valence-corrected chi connectivity index (χ2v) is 5.81. The topological polar surface area (TPSA) is 72.9 Å². The summed E-state index contributed by atoms with van der Waals surface area (Å²) >= 11 is 1.38. The molecule has 120 valence electrons. The molecule has 0 bridgehead atoms. The van der Waals surface area contributed by atoms with E-state index >= 15 is 0 Å². The number of rotatable bonds is 6. The minimum absolute atomic E-state index is 0.0108. The molecule has 0 fully saturated rings. The SMILES string of the molecule is CCN(Cc1ccc(OC)cc1)c1nc2sccn2c1[N+](=O)[O-]. The molecule has 0 saturated heterocycles. The molecule has 0 atom stereocenters. The van der Waals surface area contributed by atoms with Gasteiger partial charge in [0.25, 0.3) is 4.96 Å². The highest BCUT2D eigenvalue weighted by Crippen LogP contribution is 2.31. The van der Waals surface area contributed by atoms with Crippen LogP contribution in [0.5, 0.6) is 5.75 Å². The summed E-state index contributed by atoms with van der Waals surface area (Å²) in [5.41, 5.74) is 1.04. The van der Waals surface area contributed by atoms with Crippen LogP contribution in [-0.2, 0) is 6.54 Å². The van der Waals surface area contributed by atoms with Crippen molar-refractivity contribution in [2.45, 2.75) is 13.5 Å². The molecule has 0 unspecified atom stereocenters. The van der Waals surface area contributed by atoms with E-state index < -0.39 is 0 Å². The number of hydrogen-bond donors (Lipinski definition) is 0. The van der Waals surface area contributed by atoms with Crippen molar-refractivity contribution in [2.24, 2.45) is 0 Å². The Balaban J connectivity index is 1.95. The first kappa shape index (κ1) is 15.3. The van der Waals surface area contributed by atoms with Crippen LogP contribution in [0.4, 0.5) is 11.6 Å². The summed E-state index contributed by atoms with van der Waals surface area (Å²) in [5.74, 6) is 1.20. The number of hydrogen-bond acceptors (Lipinski definition) is 6. The molecule has 0 spiro atoms. The van der Waals surface area contributed by atoms with Gasteiger partial charge in [0, 0.05) is 18.5 Å². The molecular formula is C15H16N4O3S. The van der Waals surface area contributed by atoms with E-state index in [0.29, 0.717) is 23.9 Å². The van der Waals surface area contributed by atoms with Gasteiger partial charge in [-0.25, -0.2) is 0 Å². The first-order chi connectivity index (χ1) is 11.1. The highest BCUT2D eigenvalue weighted by Gasteiger charge is 2.27. The zero-order valence-electron chi connectivity index (χ0n) is 12.8. The number of imidazole rings is 1. The van der Waals surface area contributed by atoms with Crippen molar-refractivity contribution in [1.29, 1.82) is 0 Å². The van der Waals surface area contributed by atoms with Crippen molar-refractivity contribution >= 4 is 27.9 Å². The summed E-state index contributed by atoms with van der Waals surface area (Å²) in [7, 11) is 1.62. The monoisotopic (exact) mass is 332 g/mol. The smallest absolute Gasteiger partial charge is 0.373 e. The number of ether oxygens (including phenoxy) is 1. The third-order valence-corrected chi connectivity index (χ3v) is 4.36. The summed E-state index contributed by atoms with van der Waals surface area (Å²) in [6, 6.07) is 7.66. The van der Waals surface area contributed by atoms with E-state index in [1.807, 2.05) is 36.1 Å². The van der Waals surface area contributed by atoms with E-state index in [1.165, 1.54) is 15.7 Å². The molecule has 0 radical (unpaired) electrons. The zero-order chi connectivity index (χ0) is 16.4. The number of anilines is 1. The van der Waals surface area contributed by atoms with E-state index in [4.69, 9.17) is 4.74 Å². The van der Waals surface area contributed by atoms with Gasteiger partial charge >= 0.3 is 5.82 Å². The van der Waals surface area contributed by atoms with Gasteiger partial charge in [0.05, 0.1) is 7.11 Å². The predicted molar refractivity (Wildman–Crippen MR) is 89.4 cm³/mol. The van der Waals surface area contributed by atoms with E-state index in [1.54, 1.807) is 18.7 Å². The maximum Gasteiger partial charge on any atom is 0.373 e. The fourth-order valence-corrected chi connectivity index (χ4v) is 3.14. The maximum atomic E-state index is 11.5. The Kier molecular flexibility index (Phi) is 4.16. The molecule has 7 nitrogen and oxygen atoms in total. The van der Waals surface area contributed by atoms with Gasteiger partial charge in [-0.15, -0.1) is 0 Å². The van der Waals surface area contributed by atoms with Crippen LogP contribution in [0.2, 0.25) is 0 Å². The Bertz CT molecular complexity index is 825. The molecule has 0 N–H and O–H groups in total. The van der Waals surface area contributed by atoms with Gasteiger partial charge in [0.1, 0.15) is 11.9 Å². The number of nitrogens with zero attached hydrogens (tertiary/aromatic N) is 4. The van der Waals surface area contributed by atoms with Crippen LogP contribution < -0.4 is 9.64 Å². The van der Waals surface area contributed by atoms with Crippen molar-refractivity contribution in [2.75, 3.05) is 18.6 Å². The average Bonchev–Trinajstić information content (AvgIpc) is 3.13. The summed E-state index contributed by atoms with van der Waals surface area (Å²) in [5, 5.41) is 13.2. The van der Waals surface area contributed by atoms with Crippen LogP contribution in [0, 0.1) is 10.1 Å². The maximum absolute atomic E-state index is 11.5. The Labute approximate surface area is 136 Å². The second-order valence-electron chi connectivity index (χ2n) is 4.93. The van der Waals surface area contributed by atoms with Crippen molar-refractivity contribution in [1.82, 2.24) is 9.38 Å². The molecule has 0 aliphatic carbocycles. The average molecular weight is 332 g/mol. The molecule has 0 amide bonds. The summed E-state index contributed by atoms with van der Waals surface area (Å²) < 4.78 is 6.67. The predicted octanol–water partition coefficient (Wildman–Crippen LogP) is 3.34. The Morgan fingerprint density at radius 2 is 2.13 bits per heavy atom. The molecule has 8 heteroatoms. The standard InChI is InChI=1S/C15H16N4O3S/c1-3-17(10-11-4-6-12(22-2)7-5-11)13-14(19(20)21)18-8-9-23-15(18)16-13/h4-9H,3,10H2,1-2H3. The highest BCUT2D eigenvalue weighted by molar-refractivity contribution is 7.15. The van der Waals surface area contributed by atoms with E-state index in [0.717, 1.165) is 11.3 Å². The Morgan fingerprint density at radius 3 is 2.74 bits per heavy atom. The van der Waals surface area contributed by atoms with Crippen molar-refractivity contribution in [3.05, 3.63) is 51.5 Å². The minimum Gasteiger partial charge on any atom is -0.497 e. The van der Waals surface area contributed by atoms with Crippen LogP contribution >= 0.6 is 11.3 Å². The first-order valence-electron chi connectivity index (χ1n) is 7.12. The van der Waals surface area contributed by atoms with Crippen LogP contribution in [0.15, 0.2) is 35.8 Å². The lowest BCUT2D eigenvalue weighted by Gasteiger charge is -2.20. The Morgan fingerprint density at radius 1 is 1.39 bits per heavy atom. The number of benzene rings is 1. The first-order valence-corrected chi connectivity index (χ1v) is 7.99. The lowest BCUT2D eigenvalue weighted by molar-refractivity contribution is -0.389. The van der Waals surface area contributed by atoms with Gasteiger partial charge in [-0.05, 0) is 29.5 Å². The van der Waals surface area contributed by atoms with Gasteiger partial charge in [0.15, 0.2) is 0 Å². The molecule has 0 aliphatic rings. The minimum atomic E-state index is -0.376. The highest BCUT2D eigenvalue weighted by atomic mass is 32.1. The van der Waals surface area contributed by atoms with Gasteiger partial charge in [-0.3, -0.25) is 0 Å². The van der Waals surface area contributed by atoms with Crippen molar-refractivity contribution in [3.63, 3.8) is 0 Å². The number of thiazole rings is 1. The summed E-state index contributed by atoms with van der Waals surface area (Å²) in [6.45, 7) is 3.13. The van der Waals surface area contributed by atoms with Gasteiger partial charge in [-0.1, -0.05) is 23.5 Å².